The van der Waals surface area contributed by atoms with Crippen molar-refractivity contribution in [1.29, 1.82) is 0 Å². The van der Waals surface area contributed by atoms with Gasteiger partial charge in [-0.05, 0) is 42.3 Å². The molecule has 162 valence electrons. The predicted molar refractivity (Wildman–Crippen MR) is 129 cm³/mol. The van der Waals surface area contributed by atoms with Gasteiger partial charge in [-0.2, -0.15) is 0 Å². The maximum absolute atomic E-state index is 13.4. The Morgan fingerprint density at radius 2 is 1.66 bits per heavy atom. The summed E-state index contributed by atoms with van der Waals surface area (Å²) in [6.45, 7) is 0.528. The van der Waals surface area contributed by atoms with Crippen molar-refractivity contribution in [3.8, 4) is 22.8 Å². The van der Waals surface area contributed by atoms with E-state index < -0.39 is 0 Å². The monoisotopic (exact) mass is 444 g/mol. The van der Waals surface area contributed by atoms with Crippen molar-refractivity contribution >= 4 is 22.4 Å². The summed E-state index contributed by atoms with van der Waals surface area (Å²) >= 11 is 1.44. The number of hydrogen-bond donors (Lipinski definition) is 0. The highest BCUT2D eigenvalue weighted by molar-refractivity contribution is 7.14. The lowest BCUT2D eigenvalue weighted by atomic mass is 10.1. The average Bonchev–Trinajstić information content (AvgIpc) is 3.34. The van der Waals surface area contributed by atoms with Crippen LogP contribution >= 0.6 is 11.3 Å². The number of carbonyl (C=O) groups is 1. The average molecular weight is 445 g/mol. The van der Waals surface area contributed by atoms with Crippen molar-refractivity contribution in [2.45, 2.75) is 6.42 Å². The zero-order valence-electron chi connectivity index (χ0n) is 18.0. The van der Waals surface area contributed by atoms with Crippen molar-refractivity contribution in [3.05, 3.63) is 95.4 Å². The molecule has 0 fully saturated rings. The molecule has 0 radical (unpaired) electrons. The number of methoxy groups -OCH3 is 2. The molecule has 0 saturated carbocycles. The van der Waals surface area contributed by atoms with Crippen LogP contribution in [0.3, 0.4) is 0 Å². The lowest BCUT2D eigenvalue weighted by Crippen LogP contribution is -2.32. The largest absolute Gasteiger partial charge is 0.497 e. The third kappa shape index (κ3) is 4.81. The molecular formula is C26H24N2O3S. The van der Waals surface area contributed by atoms with E-state index in [9.17, 15) is 4.79 Å². The Kier molecular flexibility index (Phi) is 6.82. The van der Waals surface area contributed by atoms with Crippen LogP contribution in [0.4, 0.5) is 5.13 Å². The van der Waals surface area contributed by atoms with E-state index in [2.05, 4.69) is 12.1 Å². The van der Waals surface area contributed by atoms with E-state index >= 15 is 0 Å². The molecule has 0 bridgehead atoms. The lowest BCUT2D eigenvalue weighted by molar-refractivity contribution is 0.0987. The topological polar surface area (TPSA) is 51.7 Å². The number of anilines is 1. The van der Waals surface area contributed by atoms with Gasteiger partial charge in [-0.15, -0.1) is 11.3 Å². The summed E-state index contributed by atoms with van der Waals surface area (Å²) < 4.78 is 10.9. The van der Waals surface area contributed by atoms with Crippen molar-refractivity contribution in [3.63, 3.8) is 0 Å². The highest BCUT2D eigenvalue weighted by Crippen LogP contribution is 2.36. The van der Waals surface area contributed by atoms with Crippen LogP contribution in [0, 0.1) is 0 Å². The van der Waals surface area contributed by atoms with E-state index in [4.69, 9.17) is 14.5 Å². The smallest absolute Gasteiger partial charge is 0.260 e. The molecule has 4 aromatic rings. The van der Waals surface area contributed by atoms with Gasteiger partial charge >= 0.3 is 0 Å². The van der Waals surface area contributed by atoms with E-state index in [-0.39, 0.29) is 5.91 Å². The Labute approximate surface area is 191 Å². The molecule has 1 aromatic heterocycles. The number of rotatable bonds is 8. The number of ether oxygens (including phenoxy) is 2. The zero-order chi connectivity index (χ0) is 22.3. The first-order chi connectivity index (χ1) is 15.7. The van der Waals surface area contributed by atoms with Gasteiger partial charge in [0.25, 0.3) is 5.91 Å². The van der Waals surface area contributed by atoms with Crippen LogP contribution in [0.25, 0.3) is 11.3 Å². The first-order valence-electron chi connectivity index (χ1n) is 10.3. The number of carbonyl (C=O) groups excluding carboxylic acids is 1. The molecule has 6 heteroatoms. The highest BCUT2D eigenvalue weighted by Gasteiger charge is 2.22. The summed E-state index contributed by atoms with van der Waals surface area (Å²) in [5.74, 6) is 1.35. The van der Waals surface area contributed by atoms with Crippen LogP contribution in [0.15, 0.2) is 84.2 Å². The van der Waals surface area contributed by atoms with Crippen molar-refractivity contribution < 1.29 is 14.3 Å². The summed E-state index contributed by atoms with van der Waals surface area (Å²) in [7, 11) is 3.26. The van der Waals surface area contributed by atoms with Crippen LogP contribution in [-0.2, 0) is 6.42 Å². The van der Waals surface area contributed by atoms with E-state index in [0.29, 0.717) is 23.0 Å². The number of nitrogens with zero attached hydrogens (tertiary/aromatic N) is 2. The fourth-order valence-electron chi connectivity index (χ4n) is 3.43. The molecule has 0 spiro atoms. The number of benzene rings is 3. The molecule has 5 nitrogen and oxygen atoms in total. The minimum Gasteiger partial charge on any atom is -0.497 e. The maximum atomic E-state index is 13.4. The van der Waals surface area contributed by atoms with Crippen LogP contribution in [0.5, 0.6) is 11.5 Å². The van der Waals surface area contributed by atoms with E-state index in [0.717, 1.165) is 23.4 Å². The molecule has 3 aromatic carbocycles. The van der Waals surface area contributed by atoms with Gasteiger partial charge in [-0.25, -0.2) is 4.98 Å². The Hall–Kier alpha value is -3.64. The number of thiazole rings is 1. The summed E-state index contributed by atoms with van der Waals surface area (Å²) in [6, 6.07) is 25.1. The second-order valence-electron chi connectivity index (χ2n) is 7.14. The van der Waals surface area contributed by atoms with Gasteiger partial charge in [-0.1, -0.05) is 48.5 Å². The molecule has 0 aliphatic rings. The van der Waals surface area contributed by atoms with Gasteiger partial charge in [0.05, 0.1) is 19.9 Å². The van der Waals surface area contributed by atoms with E-state index in [1.807, 2.05) is 72.1 Å². The summed E-state index contributed by atoms with van der Waals surface area (Å²) in [5, 5.41) is 2.59. The summed E-state index contributed by atoms with van der Waals surface area (Å²) in [4.78, 5) is 19.9. The zero-order valence-corrected chi connectivity index (χ0v) is 18.8. The fourth-order valence-corrected chi connectivity index (χ4v) is 4.28. The molecule has 0 atom stereocenters. The number of hydrogen-bond acceptors (Lipinski definition) is 5. The van der Waals surface area contributed by atoms with Crippen LogP contribution in [0.2, 0.25) is 0 Å². The third-order valence-corrected chi connectivity index (χ3v) is 6.00. The number of amides is 1. The summed E-state index contributed by atoms with van der Waals surface area (Å²) in [5.41, 5.74) is 3.37. The molecule has 1 heterocycles. The highest BCUT2D eigenvalue weighted by atomic mass is 32.1. The van der Waals surface area contributed by atoms with Crippen molar-refractivity contribution in [1.82, 2.24) is 4.98 Å². The second kappa shape index (κ2) is 10.1. The van der Waals surface area contributed by atoms with Crippen LogP contribution in [0.1, 0.15) is 15.9 Å². The first-order valence-corrected chi connectivity index (χ1v) is 11.2. The molecular weight excluding hydrogens is 420 g/mol. The van der Waals surface area contributed by atoms with Gasteiger partial charge in [0, 0.05) is 23.1 Å². The number of aromatic nitrogens is 1. The van der Waals surface area contributed by atoms with Crippen LogP contribution < -0.4 is 14.4 Å². The van der Waals surface area contributed by atoms with E-state index in [1.165, 1.54) is 16.9 Å². The Balaban J connectivity index is 1.67. The second-order valence-corrected chi connectivity index (χ2v) is 7.98. The molecule has 0 N–H and O–H groups in total. The minimum absolute atomic E-state index is 0.0694. The lowest BCUT2D eigenvalue weighted by Gasteiger charge is -2.20. The molecule has 0 unspecified atom stereocenters. The van der Waals surface area contributed by atoms with Crippen molar-refractivity contribution in [2.75, 3.05) is 25.7 Å². The molecule has 32 heavy (non-hydrogen) atoms. The molecule has 1 amide bonds. The quantitative estimate of drug-likeness (QED) is 0.349. The summed E-state index contributed by atoms with van der Waals surface area (Å²) in [6.07, 6.45) is 0.733. The fraction of sp³-hybridized carbons (Fsp3) is 0.154. The normalized spacial score (nSPS) is 10.6. The standard InChI is InChI=1S/C26H24N2O3S/c1-30-21-13-14-24(31-2)22(17-21)23-18-32-26(27-23)28(16-15-19-9-5-3-6-10-19)25(29)20-11-7-4-8-12-20/h3-14,17-18H,15-16H2,1-2H3. The maximum Gasteiger partial charge on any atom is 0.260 e. The van der Waals surface area contributed by atoms with Gasteiger partial charge in [-0.3, -0.25) is 9.69 Å². The molecule has 0 saturated heterocycles. The molecule has 0 aliphatic carbocycles. The Bertz CT molecular complexity index is 1180. The van der Waals surface area contributed by atoms with E-state index in [1.54, 1.807) is 19.1 Å². The van der Waals surface area contributed by atoms with Crippen LogP contribution in [-0.4, -0.2) is 31.7 Å². The molecule has 0 aliphatic heterocycles. The van der Waals surface area contributed by atoms with Gasteiger partial charge in [0.1, 0.15) is 11.5 Å². The first kappa shape index (κ1) is 21.6. The Morgan fingerprint density at radius 1 is 0.938 bits per heavy atom. The predicted octanol–water partition coefficient (Wildman–Crippen LogP) is 5.72. The minimum atomic E-state index is -0.0694. The molecule has 4 rings (SSSR count). The Morgan fingerprint density at radius 3 is 2.34 bits per heavy atom. The van der Waals surface area contributed by atoms with Gasteiger partial charge in [0.2, 0.25) is 0 Å². The van der Waals surface area contributed by atoms with Crippen molar-refractivity contribution in [2.24, 2.45) is 0 Å². The van der Waals surface area contributed by atoms with Gasteiger partial charge < -0.3 is 9.47 Å². The third-order valence-electron chi connectivity index (χ3n) is 5.14. The van der Waals surface area contributed by atoms with Gasteiger partial charge in [0.15, 0.2) is 5.13 Å². The SMILES string of the molecule is COc1ccc(OC)c(-c2csc(N(CCc3ccccc3)C(=O)c3ccccc3)n2)c1.